The summed E-state index contributed by atoms with van der Waals surface area (Å²) >= 11 is 0. The van der Waals surface area contributed by atoms with Crippen LogP contribution in [0.3, 0.4) is 0 Å². The van der Waals surface area contributed by atoms with Gasteiger partial charge in [0.2, 0.25) is 0 Å². The monoisotopic (exact) mass is 252 g/mol. The molecule has 0 saturated carbocycles. The first kappa shape index (κ1) is 15.4. The fourth-order valence-corrected chi connectivity index (χ4v) is 5.93. The Bertz CT molecular complexity index is 213. The maximum atomic E-state index is 11.9. The molecule has 0 N–H and O–H groups in total. The summed E-state index contributed by atoms with van der Waals surface area (Å²) in [4.78, 5) is 0. The van der Waals surface area contributed by atoms with Crippen LogP contribution in [0.5, 0.6) is 0 Å². The fraction of sp³-hybridized carbons (Fsp3) is 1.00. The maximum absolute atomic E-state index is 11.9. The van der Waals surface area contributed by atoms with E-state index < -0.39 is 15.9 Å². The van der Waals surface area contributed by atoms with E-state index in [-0.39, 0.29) is 0 Å². The normalized spacial score (nSPS) is 16.3. The molecule has 3 nitrogen and oxygen atoms in total. The second-order valence-corrected chi connectivity index (χ2v) is 11.6. The lowest BCUT2D eigenvalue weighted by molar-refractivity contribution is 0.261. The minimum atomic E-state index is -2.80. The van der Waals surface area contributed by atoms with Gasteiger partial charge in [0, 0.05) is 6.66 Å². The molecule has 0 spiro atoms. The lowest BCUT2D eigenvalue weighted by atomic mass is 10.2. The van der Waals surface area contributed by atoms with Crippen molar-refractivity contribution in [1.29, 1.82) is 0 Å². The van der Waals surface area contributed by atoms with Crippen molar-refractivity contribution < 1.29 is 13.3 Å². The van der Waals surface area contributed by atoms with Gasteiger partial charge in [-0.2, -0.15) is 0 Å². The molecule has 1 atom stereocenters. The van der Waals surface area contributed by atoms with Crippen molar-refractivity contribution >= 4 is 15.9 Å². The molecule has 0 aliphatic rings. The van der Waals surface area contributed by atoms with Gasteiger partial charge in [0.05, 0.1) is 6.61 Å². The van der Waals surface area contributed by atoms with Crippen LogP contribution in [-0.4, -0.2) is 21.6 Å². The SMILES string of the molecule is CCCCCCOP(C)(=O)O[Si](C)(C)C. The highest BCUT2D eigenvalue weighted by Gasteiger charge is 2.26. The average molecular weight is 252 g/mol. The number of unbranched alkanes of at least 4 members (excludes halogenated alkanes) is 3. The van der Waals surface area contributed by atoms with Gasteiger partial charge in [0.15, 0.2) is 8.32 Å². The van der Waals surface area contributed by atoms with Crippen LogP contribution in [-0.2, 0) is 13.3 Å². The first-order valence-electron chi connectivity index (χ1n) is 5.69. The molecule has 15 heavy (non-hydrogen) atoms. The van der Waals surface area contributed by atoms with Gasteiger partial charge in [-0.15, -0.1) is 0 Å². The lowest BCUT2D eigenvalue weighted by Gasteiger charge is -2.23. The molecule has 0 aliphatic heterocycles. The summed E-state index contributed by atoms with van der Waals surface area (Å²) < 4.78 is 22.7. The Kier molecular flexibility index (Phi) is 7.01. The van der Waals surface area contributed by atoms with E-state index in [1.165, 1.54) is 12.8 Å². The molecular formula is C10H25O3PSi. The van der Waals surface area contributed by atoms with Crippen LogP contribution < -0.4 is 0 Å². The minimum Gasteiger partial charge on any atom is -0.351 e. The third-order valence-electron chi connectivity index (χ3n) is 1.76. The lowest BCUT2D eigenvalue weighted by Crippen LogP contribution is -2.24. The highest BCUT2D eigenvalue weighted by molar-refractivity contribution is 7.54. The average Bonchev–Trinajstić information content (AvgIpc) is 1.99. The Labute approximate surface area is 95.2 Å². The molecule has 92 valence electrons. The van der Waals surface area contributed by atoms with E-state index in [4.69, 9.17) is 8.74 Å². The number of hydrogen-bond acceptors (Lipinski definition) is 3. The highest BCUT2D eigenvalue weighted by atomic mass is 31.2. The molecule has 0 saturated heterocycles. The highest BCUT2D eigenvalue weighted by Crippen LogP contribution is 2.46. The molecule has 0 fully saturated rings. The molecular weight excluding hydrogens is 227 g/mol. The van der Waals surface area contributed by atoms with Gasteiger partial charge < -0.3 is 8.74 Å². The summed E-state index contributed by atoms with van der Waals surface area (Å²) in [5.41, 5.74) is 0. The van der Waals surface area contributed by atoms with Gasteiger partial charge in [-0.1, -0.05) is 26.2 Å². The van der Waals surface area contributed by atoms with E-state index in [2.05, 4.69) is 6.92 Å². The zero-order valence-corrected chi connectivity index (χ0v) is 12.6. The van der Waals surface area contributed by atoms with Crippen molar-refractivity contribution in [3.05, 3.63) is 0 Å². The van der Waals surface area contributed by atoms with E-state index in [0.717, 1.165) is 12.8 Å². The van der Waals surface area contributed by atoms with Crippen molar-refractivity contribution in [2.75, 3.05) is 13.3 Å². The smallest absolute Gasteiger partial charge is 0.318 e. The molecule has 1 unspecified atom stereocenters. The zero-order valence-electron chi connectivity index (χ0n) is 10.7. The third-order valence-corrected chi connectivity index (χ3v) is 5.93. The van der Waals surface area contributed by atoms with Crippen molar-refractivity contribution in [2.24, 2.45) is 0 Å². The van der Waals surface area contributed by atoms with Crippen molar-refractivity contribution in [1.82, 2.24) is 0 Å². The van der Waals surface area contributed by atoms with Crippen LogP contribution >= 0.6 is 7.60 Å². The Morgan fingerprint density at radius 1 is 1.13 bits per heavy atom. The summed E-state index contributed by atoms with van der Waals surface area (Å²) in [6.07, 6.45) is 4.53. The van der Waals surface area contributed by atoms with E-state index in [9.17, 15) is 4.57 Å². The van der Waals surface area contributed by atoms with Gasteiger partial charge in [0.25, 0.3) is 0 Å². The molecule has 0 aromatic carbocycles. The van der Waals surface area contributed by atoms with Crippen LogP contribution in [0.25, 0.3) is 0 Å². The van der Waals surface area contributed by atoms with Gasteiger partial charge in [-0.05, 0) is 26.1 Å². The van der Waals surface area contributed by atoms with Crippen molar-refractivity contribution in [3.63, 3.8) is 0 Å². The van der Waals surface area contributed by atoms with E-state index in [1.807, 2.05) is 19.6 Å². The van der Waals surface area contributed by atoms with E-state index in [0.29, 0.717) is 6.61 Å². The second-order valence-electron chi connectivity index (χ2n) is 4.87. The quantitative estimate of drug-likeness (QED) is 0.368. The summed E-state index contributed by atoms with van der Waals surface area (Å²) in [6, 6.07) is 0. The topological polar surface area (TPSA) is 35.5 Å². The summed E-state index contributed by atoms with van der Waals surface area (Å²) in [5.74, 6) is 0. The summed E-state index contributed by atoms with van der Waals surface area (Å²) in [5, 5.41) is 0. The van der Waals surface area contributed by atoms with Crippen LogP contribution in [0.15, 0.2) is 0 Å². The van der Waals surface area contributed by atoms with Gasteiger partial charge in [-0.25, -0.2) is 0 Å². The molecule has 0 amide bonds. The van der Waals surface area contributed by atoms with Gasteiger partial charge in [-0.3, -0.25) is 4.57 Å². The molecule has 0 aliphatic carbocycles. The fourth-order valence-electron chi connectivity index (χ4n) is 1.28. The van der Waals surface area contributed by atoms with E-state index >= 15 is 0 Å². The second kappa shape index (κ2) is 6.84. The Balaban J connectivity index is 3.70. The first-order chi connectivity index (χ1) is 6.77. The zero-order chi connectivity index (χ0) is 11.9. The molecule has 0 aromatic heterocycles. The molecule has 5 heteroatoms. The molecule has 0 radical (unpaired) electrons. The van der Waals surface area contributed by atoms with Gasteiger partial charge >= 0.3 is 7.60 Å². The van der Waals surface area contributed by atoms with E-state index in [1.54, 1.807) is 6.66 Å². The largest absolute Gasteiger partial charge is 0.351 e. The predicted molar refractivity (Wildman–Crippen MR) is 68.1 cm³/mol. The van der Waals surface area contributed by atoms with Crippen LogP contribution in [0.2, 0.25) is 19.6 Å². The van der Waals surface area contributed by atoms with Crippen molar-refractivity contribution in [2.45, 2.75) is 52.2 Å². The molecule has 0 rings (SSSR count). The molecule has 0 bridgehead atoms. The van der Waals surface area contributed by atoms with Crippen LogP contribution in [0.4, 0.5) is 0 Å². The maximum Gasteiger partial charge on any atom is 0.318 e. The van der Waals surface area contributed by atoms with Crippen LogP contribution in [0, 0.1) is 0 Å². The molecule has 0 aromatic rings. The first-order valence-corrected chi connectivity index (χ1v) is 11.1. The van der Waals surface area contributed by atoms with Crippen LogP contribution in [0.1, 0.15) is 32.6 Å². The standard InChI is InChI=1S/C10H25O3PSi/c1-6-7-8-9-10-12-14(2,11)13-15(3,4)5/h6-10H2,1-5H3. The Morgan fingerprint density at radius 3 is 2.20 bits per heavy atom. The summed E-state index contributed by atoms with van der Waals surface area (Å²) in [6.45, 7) is 10.3. The molecule has 0 heterocycles. The Morgan fingerprint density at radius 2 is 1.73 bits per heavy atom. The summed E-state index contributed by atoms with van der Waals surface area (Å²) in [7, 11) is -4.56. The van der Waals surface area contributed by atoms with Crippen molar-refractivity contribution in [3.8, 4) is 0 Å². The predicted octanol–water partition coefficient (Wildman–Crippen LogP) is 4.26. The minimum absolute atomic E-state index is 0.554. The number of hydrogen-bond donors (Lipinski definition) is 0. The number of rotatable bonds is 8. The Hall–Kier alpha value is 0.367. The third kappa shape index (κ3) is 10.6. The van der Waals surface area contributed by atoms with Gasteiger partial charge in [0.1, 0.15) is 0 Å².